The van der Waals surface area contributed by atoms with Gasteiger partial charge in [0.25, 0.3) is 5.91 Å². The fraction of sp³-hybridized carbons (Fsp3) is 0.167. The predicted octanol–water partition coefficient (Wildman–Crippen LogP) is 3.67. The molecule has 1 heterocycles. The topological polar surface area (TPSA) is 29.1 Å². The molecule has 2 rings (SSSR count). The van der Waals surface area contributed by atoms with Crippen molar-refractivity contribution >= 4 is 11.5 Å². The first-order chi connectivity index (χ1) is 9.65. The molecule has 0 bridgehead atoms. The van der Waals surface area contributed by atoms with E-state index in [1.165, 1.54) is 0 Å². The summed E-state index contributed by atoms with van der Waals surface area (Å²) in [6, 6.07) is 5.88. The van der Waals surface area contributed by atoms with E-state index in [0.29, 0.717) is 6.54 Å². The lowest BCUT2D eigenvalue weighted by Crippen LogP contribution is -2.31. The Labute approximate surface area is 120 Å². The molecule has 0 saturated heterocycles. The molecule has 0 radical (unpaired) electrons. The van der Waals surface area contributed by atoms with Crippen LogP contribution in [0.5, 0.6) is 0 Å². The van der Waals surface area contributed by atoms with Gasteiger partial charge in [-0.2, -0.15) is 0 Å². The van der Waals surface area contributed by atoms with E-state index in [-0.39, 0.29) is 5.91 Å². The average Bonchev–Trinajstić information content (AvgIpc) is 2.46. The minimum atomic E-state index is 0.0136. The highest BCUT2D eigenvalue weighted by atomic mass is 16.1. The van der Waals surface area contributed by atoms with E-state index in [1.54, 1.807) is 6.08 Å². The number of benzene rings is 1. The quantitative estimate of drug-likeness (QED) is 0.827. The van der Waals surface area contributed by atoms with E-state index < -0.39 is 0 Å². The Morgan fingerprint density at radius 2 is 2.20 bits per heavy atom. The summed E-state index contributed by atoms with van der Waals surface area (Å²) in [5, 5.41) is 2.85. The molecule has 102 valence electrons. The molecule has 0 unspecified atom stereocenters. The van der Waals surface area contributed by atoms with Crippen molar-refractivity contribution in [1.29, 1.82) is 0 Å². The van der Waals surface area contributed by atoms with Gasteiger partial charge in [-0.05, 0) is 47.8 Å². The van der Waals surface area contributed by atoms with Gasteiger partial charge in [-0.15, -0.1) is 0 Å². The van der Waals surface area contributed by atoms with Crippen molar-refractivity contribution < 1.29 is 4.79 Å². The van der Waals surface area contributed by atoms with Gasteiger partial charge in [0.1, 0.15) is 0 Å². The standard InChI is InChI=1S/C18H19NO/c1-4-6-14(5-2)11-13(3)15-7-8-17-16(12-15)9-10-19-18(17)20/h4-8,11-12H,2-3,9-10H2,1H3,(H,19,20)/b6-4-,14-11-. The van der Waals surface area contributed by atoms with Crippen molar-refractivity contribution in [3.05, 3.63) is 77.9 Å². The van der Waals surface area contributed by atoms with Crippen LogP contribution < -0.4 is 5.32 Å². The fourth-order valence-corrected chi connectivity index (χ4v) is 2.28. The second-order valence-corrected chi connectivity index (χ2v) is 4.75. The molecule has 1 N–H and O–H groups in total. The Hall–Kier alpha value is -2.35. The van der Waals surface area contributed by atoms with Crippen LogP contribution in [0.15, 0.2) is 61.2 Å². The largest absolute Gasteiger partial charge is 0.352 e. The van der Waals surface area contributed by atoms with Gasteiger partial charge in [0.2, 0.25) is 0 Å². The molecule has 0 spiro atoms. The number of hydrogen-bond donors (Lipinski definition) is 1. The molecule has 1 aliphatic heterocycles. The van der Waals surface area contributed by atoms with E-state index in [9.17, 15) is 4.79 Å². The molecule has 0 aromatic heterocycles. The third-order valence-electron chi connectivity index (χ3n) is 3.34. The molecular weight excluding hydrogens is 246 g/mol. The number of hydrogen-bond acceptors (Lipinski definition) is 1. The van der Waals surface area contributed by atoms with E-state index in [2.05, 4.69) is 24.5 Å². The maximum absolute atomic E-state index is 11.7. The smallest absolute Gasteiger partial charge is 0.251 e. The number of allylic oxidation sites excluding steroid dienone is 6. The van der Waals surface area contributed by atoms with Gasteiger partial charge in [-0.25, -0.2) is 0 Å². The van der Waals surface area contributed by atoms with Crippen LogP contribution in [0.4, 0.5) is 0 Å². The monoisotopic (exact) mass is 265 g/mol. The minimum Gasteiger partial charge on any atom is -0.352 e. The maximum Gasteiger partial charge on any atom is 0.251 e. The summed E-state index contributed by atoms with van der Waals surface area (Å²) in [5.41, 5.74) is 4.85. The maximum atomic E-state index is 11.7. The number of carbonyl (C=O) groups excluding carboxylic acids is 1. The van der Waals surface area contributed by atoms with Gasteiger partial charge in [0.15, 0.2) is 0 Å². The van der Waals surface area contributed by atoms with Crippen LogP contribution in [0.25, 0.3) is 5.57 Å². The predicted molar refractivity (Wildman–Crippen MR) is 84.6 cm³/mol. The first-order valence-corrected chi connectivity index (χ1v) is 6.73. The molecule has 1 amide bonds. The number of fused-ring (bicyclic) bond motifs is 1. The summed E-state index contributed by atoms with van der Waals surface area (Å²) in [7, 11) is 0. The van der Waals surface area contributed by atoms with Crippen molar-refractivity contribution in [2.24, 2.45) is 0 Å². The van der Waals surface area contributed by atoms with Crippen molar-refractivity contribution in [3.8, 4) is 0 Å². The Balaban J connectivity index is 2.32. The Morgan fingerprint density at radius 1 is 1.40 bits per heavy atom. The zero-order valence-corrected chi connectivity index (χ0v) is 11.8. The Morgan fingerprint density at radius 3 is 2.90 bits per heavy atom. The van der Waals surface area contributed by atoms with Gasteiger partial charge < -0.3 is 5.32 Å². The first kappa shape index (κ1) is 14.1. The second kappa shape index (κ2) is 6.20. The number of amides is 1. The van der Waals surface area contributed by atoms with Crippen LogP contribution in [-0.2, 0) is 6.42 Å². The lowest BCUT2D eigenvalue weighted by molar-refractivity contribution is 0.0946. The number of nitrogens with one attached hydrogen (secondary N) is 1. The lowest BCUT2D eigenvalue weighted by Gasteiger charge is -2.17. The van der Waals surface area contributed by atoms with Crippen molar-refractivity contribution in [2.75, 3.05) is 6.54 Å². The number of rotatable bonds is 4. The summed E-state index contributed by atoms with van der Waals surface area (Å²) in [6.45, 7) is 10.6. The summed E-state index contributed by atoms with van der Waals surface area (Å²) in [4.78, 5) is 11.7. The van der Waals surface area contributed by atoms with E-state index in [0.717, 1.165) is 34.3 Å². The fourth-order valence-electron chi connectivity index (χ4n) is 2.28. The molecule has 0 saturated carbocycles. The highest BCUT2D eigenvalue weighted by molar-refractivity contribution is 5.97. The van der Waals surface area contributed by atoms with Crippen LogP contribution in [-0.4, -0.2) is 12.5 Å². The van der Waals surface area contributed by atoms with Crippen molar-refractivity contribution in [1.82, 2.24) is 5.32 Å². The molecule has 20 heavy (non-hydrogen) atoms. The van der Waals surface area contributed by atoms with Gasteiger partial charge in [-0.1, -0.05) is 43.5 Å². The third-order valence-corrected chi connectivity index (χ3v) is 3.34. The first-order valence-electron chi connectivity index (χ1n) is 6.73. The molecule has 0 aliphatic carbocycles. The molecule has 1 aromatic rings. The summed E-state index contributed by atoms with van der Waals surface area (Å²) in [5.74, 6) is 0.0136. The van der Waals surface area contributed by atoms with Crippen LogP contribution >= 0.6 is 0 Å². The molecule has 2 nitrogen and oxygen atoms in total. The van der Waals surface area contributed by atoms with Crippen LogP contribution in [0.3, 0.4) is 0 Å². The Kier molecular flexibility index (Phi) is 4.36. The van der Waals surface area contributed by atoms with E-state index in [4.69, 9.17) is 0 Å². The normalized spacial score (nSPS) is 14.8. The minimum absolute atomic E-state index is 0.0136. The summed E-state index contributed by atoms with van der Waals surface area (Å²) >= 11 is 0. The molecule has 0 atom stereocenters. The van der Waals surface area contributed by atoms with Gasteiger partial charge in [-0.3, -0.25) is 4.79 Å². The van der Waals surface area contributed by atoms with E-state index >= 15 is 0 Å². The SMILES string of the molecule is C=CC(/C=C\C)=C/C(=C)c1ccc2c(c1)CCNC2=O. The zero-order valence-electron chi connectivity index (χ0n) is 11.8. The summed E-state index contributed by atoms with van der Waals surface area (Å²) < 4.78 is 0. The molecule has 2 heteroatoms. The second-order valence-electron chi connectivity index (χ2n) is 4.75. The number of carbonyl (C=O) groups is 1. The average molecular weight is 265 g/mol. The van der Waals surface area contributed by atoms with Gasteiger partial charge >= 0.3 is 0 Å². The molecular formula is C18H19NO. The molecule has 1 aromatic carbocycles. The van der Waals surface area contributed by atoms with E-state index in [1.807, 2.05) is 37.3 Å². The van der Waals surface area contributed by atoms with Crippen LogP contribution in [0.1, 0.15) is 28.4 Å². The molecule has 1 aliphatic rings. The highest BCUT2D eigenvalue weighted by Crippen LogP contribution is 2.22. The van der Waals surface area contributed by atoms with Gasteiger partial charge in [0.05, 0.1) is 0 Å². The van der Waals surface area contributed by atoms with Crippen LogP contribution in [0, 0.1) is 0 Å². The van der Waals surface area contributed by atoms with Crippen molar-refractivity contribution in [3.63, 3.8) is 0 Å². The van der Waals surface area contributed by atoms with Gasteiger partial charge in [0, 0.05) is 12.1 Å². The molecule has 0 fully saturated rings. The highest BCUT2D eigenvalue weighted by Gasteiger charge is 2.16. The Bertz CT molecular complexity index is 620. The third kappa shape index (κ3) is 2.97. The summed E-state index contributed by atoms with van der Waals surface area (Å²) in [6.07, 6.45) is 8.63. The van der Waals surface area contributed by atoms with Crippen molar-refractivity contribution in [2.45, 2.75) is 13.3 Å². The zero-order chi connectivity index (χ0) is 14.5. The lowest BCUT2D eigenvalue weighted by atomic mass is 9.94. The van der Waals surface area contributed by atoms with Crippen LogP contribution in [0.2, 0.25) is 0 Å².